The van der Waals surface area contributed by atoms with Gasteiger partial charge in [-0.1, -0.05) is 32.9 Å². The van der Waals surface area contributed by atoms with Gasteiger partial charge in [0.25, 0.3) is 5.91 Å². The average molecular weight is 536 g/mol. The number of ether oxygens (including phenoxy) is 1. The summed E-state index contributed by atoms with van der Waals surface area (Å²) in [6.45, 7) is 13.6. The molecule has 2 amide bonds. The Hall–Kier alpha value is -2.49. The second kappa shape index (κ2) is 11.3. The van der Waals surface area contributed by atoms with Crippen molar-refractivity contribution in [2.24, 2.45) is 0 Å². The molecule has 1 unspecified atom stereocenters. The number of hydrogen-bond acceptors (Lipinski definition) is 5. The van der Waals surface area contributed by atoms with Crippen molar-refractivity contribution < 1.29 is 23.1 Å². The van der Waals surface area contributed by atoms with Gasteiger partial charge in [0.05, 0.1) is 12.6 Å². The highest BCUT2D eigenvalue weighted by Crippen LogP contribution is 2.37. The molecule has 0 fully saturated rings. The quantitative estimate of drug-likeness (QED) is 0.295. The minimum atomic E-state index is -1.94. The maximum absolute atomic E-state index is 13.5. The van der Waals surface area contributed by atoms with Crippen LogP contribution in [0, 0.1) is 5.82 Å². The van der Waals surface area contributed by atoms with Crippen molar-refractivity contribution in [2.45, 2.75) is 58.3 Å². The van der Waals surface area contributed by atoms with E-state index in [1.165, 1.54) is 12.1 Å². The van der Waals surface area contributed by atoms with Gasteiger partial charge < -0.3 is 19.4 Å². The summed E-state index contributed by atoms with van der Waals surface area (Å²) in [4.78, 5) is 31.9. The van der Waals surface area contributed by atoms with Gasteiger partial charge in [-0.15, -0.1) is 11.6 Å². The van der Waals surface area contributed by atoms with E-state index >= 15 is 0 Å². The van der Waals surface area contributed by atoms with Gasteiger partial charge in [0.1, 0.15) is 29.7 Å². The monoisotopic (exact) mass is 535 g/mol. The lowest BCUT2D eigenvalue weighted by Gasteiger charge is -2.36. The number of nitrogens with zero attached hydrogens (tertiary/aromatic N) is 2. The molecule has 2 heterocycles. The Balaban J connectivity index is 1.88. The van der Waals surface area contributed by atoms with Crippen molar-refractivity contribution >= 4 is 37.4 Å². The van der Waals surface area contributed by atoms with E-state index < -0.39 is 8.32 Å². The van der Waals surface area contributed by atoms with Crippen LogP contribution in [0.5, 0.6) is 5.88 Å². The van der Waals surface area contributed by atoms with E-state index in [2.05, 4.69) is 44.2 Å². The number of rotatable bonds is 8. The summed E-state index contributed by atoms with van der Waals surface area (Å²) in [5, 5.41) is 2.97. The van der Waals surface area contributed by atoms with Crippen LogP contribution in [-0.4, -0.2) is 56.8 Å². The van der Waals surface area contributed by atoms with Crippen LogP contribution < -0.4 is 15.0 Å². The molecular formula is C26H35ClFN3O4Si. The van der Waals surface area contributed by atoms with Crippen molar-refractivity contribution in [3.05, 3.63) is 53.0 Å². The standard InChI is InChI=1S/C26H35ClFN3O4Si/c1-17-16-34-25-21(31(17)22(32)15-27)14-19(13-18-7-9-20(28)10-8-18)23(30-25)24(33)29-11-12-35-36(5,6)26(2,3)4/h7-10,14,17H,11-13,15-16H2,1-6H3,(H,29,33). The van der Waals surface area contributed by atoms with Gasteiger partial charge in [0.2, 0.25) is 11.8 Å². The topological polar surface area (TPSA) is 80.8 Å². The summed E-state index contributed by atoms with van der Waals surface area (Å²) in [6, 6.07) is 7.55. The Morgan fingerprint density at radius 2 is 1.94 bits per heavy atom. The van der Waals surface area contributed by atoms with E-state index in [0.29, 0.717) is 30.8 Å². The minimum Gasteiger partial charge on any atom is -0.474 e. The molecule has 196 valence electrons. The zero-order valence-corrected chi connectivity index (χ0v) is 23.5. The lowest BCUT2D eigenvalue weighted by molar-refractivity contribution is -0.117. The molecule has 7 nitrogen and oxygen atoms in total. The average Bonchev–Trinajstić information content (AvgIpc) is 2.81. The highest BCUT2D eigenvalue weighted by Gasteiger charge is 2.37. The number of amides is 2. The molecule has 2 aromatic rings. The number of alkyl halides is 1. The summed E-state index contributed by atoms with van der Waals surface area (Å²) in [7, 11) is -1.94. The first kappa shape index (κ1) is 28.1. The van der Waals surface area contributed by atoms with E-state index in [1.807, 2.05) is 6.92 Å². The summed E-state index contributed by atoms with van der Waals surface area (Å²) in [6.07, 6.45) is 0.321. The van der Waals surface area contributed by atoms with Crippen LogP contribution in [0.2, 0.25) is 18.1 Å². The normalized spacial score (nSPS) is 15.8. The molecule has 1 aromatic carbocycles. The Labute approximate surface area is 218 Å². The Morgan fingerprint density at radius 3 is 2.56 bits per heavy atom. The van der Waals surface area contributed by atoms with Crippen LogP contribution >= 0.6 is 11.6 Å². The van der Waals surface area contributed by atoms with E-state index in [0.717, 1.165) is 5.56 Å². The molecule has 10 heteroatoms. The van der Waals surface area contributed by atoms with Crippen molar-refractivity contribution in [2.75, 3.05) is 30.5 Å². The Bertz CT molecular complexity index is 1110. The molecule has 1 aliphatic heterocycles. The number of carbonyl (C=O) groups is 2. The van der Waals surface area contributed by atoms with Crippen LogP contribution in [0.1, 0.15) is 49.3 Å². The Kier molecular flexibility index (Phi) is 8.79. The maximum Gasteiger partial charge on any atom is 0.270 e. The SMILES string of the molecule is CC1COc2nc(C(=O)NCCO[Si](C)(C)C(C)(C)C)c(Cc3ccc(F)cc3)cc2N1C(=O)CCl. The highest BCUT2D eigenvalue weighted by atomic mass is 35.5. The van der Waals surface area contributed by atoms with Gasteiger partial charge in [-0.05, 0) is 60.8 Å². The molecule has 0 saturated carbocycles. The van der Waals surface area contributed by atoms with E-state index in [-0.39, 0.29) is 52.8 Å². The van der Waals surface area contributed by atoms with Gasteiger partial charge in [-0.3, -0.25) is 9.59 Å². The second-order valence-electron chi connectivity index (χ2n) is 10.5. The zero-order valence-electron chi connectivity index (χ0n) is 21.8. The minimum absolute atomic E-state index is 0.0696. The molecule has 1 atom stereocenters. The Morgan fingerprint density at radius 1 is 1.28 bits per heavy atom. The predicted octanol–water partition coefficient (Wildman–Crippen LogP) is 4.92. The third-order valence-electron chi connectivity index (χ3n) is 6.77. The molecule has 0 saturated heterocycles. The second-order valence-corrected chi connectivity index (χ2v) is 15.6. The van der Waals surface area contributed by atoms with E-state index in [1.54, 1.807) is 23.1 Å². The number of halogens is 2. The lowest BCUT2D eigenvalue weighted by Crippen LogP contribution is -2.46. The van der Waals surface area contributed by atoms with Crippen LogP contribution in [0.3, 0.4) is 0 Å². The molecule has 3 rings (SSSR count). The van der Waals surface area contributed by atoms with Crippen LogP contribution in [0.4, 0.5) is 10.1 Å². The number of fused-ring (bicyclic) bond motifs is 1. The smallest absolute Gasteiger partial charge is 0.270 e. The molecule has 0 bridgehead atoms. The predicted molar refractivity (Wildman–Crippen MR) is 142 cm³/mol. The van der Waals surface area contributed by atoms with Gasteiger partial charge in [0.15, 0.2) is 8.32 Å². The molecule has 1 aromatic heterocycles. The largest absolute Gasteiger partial charge is 0.474 e. The number of aromatic nitrogens is 1. The van der Waals surface area contributed by atoms with E-state index in [9.17, 15) is 14.0 Å². The number of benzene rings is 1. The molecule has 36 heavy (non-hydrogen) atoms. The summed E-state index contributed by atoms with van der Waals surface area (Å²) < 4.78 is 25.4. The first-order valence-electron chi connectivity index (χ1n) is 12.1. The lowest BCUT2D eigenvalue weighted by atomic mass is 10.0. The fourth-order valence-electron chi connectivity index (χ4n) is 3.69. The van der Waals surface area contributed by atoms with Crippen LogP contribution in [-0.2, 0) is 15.6 Å². The zero-order chi connectivity index (χ0) is 26.7. The number of nitrogens with one attached hydrogen (secondary N) is 1. The van der Waals surface area contributed by atoms with Gasteiger partial charge in [-0.25, -0.2) is 9.37 Å². The van der Waals surface area contributed by atoms with Gasteiger partial charge >= 0.3 is 0 Å². The molecular weight excluding hydrogens is 501 g/mol. The maximum atomic E-state index is 13.5. The van der Waals surface area contributed by atoms with Crippen molar-refractivity contribution in [3.8, 4) is 5.88 Å². The first-order valence-corrected chi connectivity index (χ1v) is 15.5. The first-order chi connectivity index (χ1) is 16.8. The van der Waals surface area contributed by atoms with Crippen molar-refractivity contribution in [1.29, 1.82) is 0 Å². The van der Waals surface area contributed by atoms with Crippen LogP contribution in [0.25, 0.3) is 0 Å². The number of hydrogen-bond donors (Lipinski definition) is 1. The fraction of sp³-hybridized carbons (Fsp3) is 0.500. The molecule has 1 aliphatic rings. The van der Waals surface area contributed by atoms with E-state index in [4.69, 9.17) is 20.8 Å². The summed E-state index contributed by atoms with van der Waals surface area (Å²) >= 11 is 5.85. The number of pyridine rings is 1. The third kappa shape index (κ3) is 6.43. The van der Waals surface area contributed by atoms with Crippen LogP contribution in [0.15, 0.2) is 30.3 Å². The summed E-state index contributed by atoms with van der Waals surface area (Å²) in [5.74, 6) is -0.970. The van der Waals surface area contributed by atoms with Crippen molar-refractivity contribution in [3.63, 3.8) is 0 Å². The number of anilines is 1. The molecule has 0 spiro atoms. The molecule has 0 aliphatic carbocycles. The van der Waals surface area contributed by atoms with Gasteiger partial charge in [0, 0.05) is 6.54 Å². The molecule has 0 radical (unpaired) electrons. The molecule has 1 N–H and O–H groups in total. The third-order valence-corrected chi connectivity index (χ3v) is 11.5. The summed E-state index contributed by atoms with van der Waals surface area (Å²) in [5.41, 5.74) is 2.05. The van der Waals surface area contributed by atoms with Gasteiger partial charge in [-0.2, -0.15) is 0 Å². The highest BCUT2D eigenvalue weighted by molar-refractivity contribution is 6.74. The fourth-order valence-corrected chi connectivity index (χ4v) is 4.86. The number of carbonyl (C=O) groups excluding carboxylic acids is 2. The van der Waals surface area contributed by atoms with Crippen molar-refractivity contribution in [1.82, 2.24) is 10.3 Å².